The van der Waals surface area contributed by atoms with Crippen molar-refractivity contribution in [2.75, 3.05) is 6.54 Å². The van der Waals surface area contributed by atoms with Crippen LogP contribution in [0.4, 0.5) is 0 Å². The first-order chi connectivity index (χ1) is 9.78. The van der Waals surface area contributed by atoms with Crippen molar-refractivity contribution in [1.82, 2.24) is 5.32 Å². The van der Waals surface area contributed by atoms with Crippen LogP contribution in [-0.2, 0) is 17.9 Å². The highest BCUT2D eigenvalue weighted by Gasteiger charge is 2.01. The van der Waals surface area contributed by atoms with E-state index < -0.39 is 0 Å². The monoisotopic (exact) mass is 290 g/mol. The van der Waals surface area contributed by atoms with Gasteiger partial charge in [0.05, 0.1) is 0 Å². The summed E-state index contributed by atoms with van der Waals surface area (Å²) < 4.78 is 5.68. The van der Waals surface area contributed by atoms with Crippen molar-refractivity contribution in [2.45, 2.75) is 19.6 Å². The number of rotatable bonds is 7. The summed E-state index contributed by atoms with van der Waals surface area (Å²) >= 11 is 1.68. The van der Waals surface area contributed by atoms with Crippen LogP contribution in [0.15, 0.2) is 41.8 Å². The van der Waals surface area contributed by atoms with Gasteiger partial charge in [0.2, 0.25) is 5.91 Å². The standard InChI is InChI=1S/C15H18N2O2S/c16-8-7-15(18)17-10-12-3-5-13(6-4-12)19-11-14-2-1-9-20-14/h1-6,9H,7-8,10-11,16H2,(H,17,18). The summed E-state index contributed by atoms with van der Waals surface area (Å²) in [5.74, 6) is 0.806. The summed E-state index contributed by atoms with van der Waals surface area (Å²) in [5.41, 5.74) is 6.36. The van der Waals surface area contributed by atoms with E-state index in [1.54, 1.807) is 11.3 Å². The van der Waals surface area contributed by atoms with Crippen LogP contribution in [0.5, 0.6) is 5.75 Å². The van der Waals surface area contributed by atoms with Crippen molar-refractivity contribution < 1.29 is 9.53 Å². The molecule has 0 saturated heterocycles. The molecule has 0 bridgehead atoms. The molecule has 0 atom stereocenters. The maximum Gasteiger partial charge on any atom is 0.221 e. The molecule has 2 aromatic rings. The van der Waals surface area contributed by atoms with Crippen molar-refractivity contribution in [3.05, 3.63) is 52.2 Å². The molecule has 1 heterocycles. The molecule has 2 rings (SSSR count). The van der Waals surface area contributed by atoms with E-state index in [4.69, 9.17) is 10.5 Å². The fraction of sp³-hybridized carbons (Fsp3) is 0.267. The third-order valence-electron chi connectivity index (χ3n) is 2.75. The summed E-state index contributed by atoms with van der Waals surface area (Å²) in [6.45, 7) is 1.48. The zero-order valence-corrected chi connectivity index (χ0v) is 12.0. The number of amides is 1. The first-order valence-corrected chi connectivity index (χ1v) is 7.37. The van der Waals surface area contributed by atoms with Gasteiger partial charge in [0.15, 0.2) is 0 Å². The van der Waals surface area contributed by atoms with E-state index in [2.05, 4.69) is 5.32 Å². The van der Waals surface area contributed by atoms with Gasteiger partial charge in [-0.3, -0.25) is 4.79 Å². The third kappa shape index (κ3) is 4.68. The number of hydrogen-bond acceptors (Lipinski definition) is 4. The number of benzene rings is 1. The molecule has 0 unspecified atom stereocenters. The van der Waals surface area contributed by atoms with Gasteiger partial charge in [0, 0.05) is 24.4 Å². The van der Waals surface area contributed by atoms with Crippen molar-refractivity contribution in [3.63, 3.8) is 0 Å². The Bertz CT molecular complexity index is 523. The Morgan fingerprint density at radius 2 is 2.05 bits per heavy atom. The van der Waals surface area contributed by atoms with E-state index in [9.17, 15) is 4.79 Å². The molecule has 3 N–H and O–H groups in total. The number of carbonyl (C=O) groups is 1. The number of nitrogens with one attached hydrogen (secondary N) is 1. The summed E-state index contributed by atoms with van der Waals surface area (Å²) in [6.07, 6.45) is 0.363. The normalized spacial score (nSPS) is 10.2. The Kier molecular flexibility index (Phi) is 5.58. The number of thiophene rings is 1. The van der Waals surface area contributed by atoms with Gasteiger partial charge in [-0.2, -0.15) is 0 Å². The van der Waals surface area contributed by atoms with Gasteiger partial charge in [-0.05, 0) is 29.1 Å². The maximum atomic E-state index is 11.3. The first kappa shape index (κ1) is 14.6. The third-order valence-corrected chi connectivity index (χ3v) is 3.60. The fourth-order valence-corrected chi connectivity index (χ4v) is 2.29. The van der Waals surface area contributed by atoms with E-state index >= 15 is 0 Å². The van der Waals surface area contributed by atoms with Crippen LogP contribution in [-0.4, -0.2) is 12.5 Å². The Morgan fingerprint density at radius 1 is 1.25 bits per heavy atom. The summed E-state index contributed by atoms with van der Waals surface area (Å²) in [5, 5.41) is 4.85. The second kappa shape index (κ2) is 7.67. The van der Waals surface area contributed by atoms with Crippen LogP contribution in [0, 0.1) is 0 Å². The number of nitrogens with two attached hydrogens (primary N) is 1. The highest BCUT2D eigenvalue weighted by atomic mass is 32.1. The number of carbonyl (C=O) groups excluding carboxylic acids is 1. The minimum atomic E-state index is -0.0227. The van der Waals surface area contributed by atoms with Crippen molar-refractivity contribution in [2.24, 2.45) is 5.73 Å². The van der Waals surface area contributed by atoms with E-state index in [0.717, 1.165) is 11.3 Å². The van der Waals surface area contributed by atoms with Crippen LogP contribution in [0.1, 0.15) is 16.9 Å². The Hall–Kier alpha value is -1.85. The molecular formula is C15H18N2O2S. The highest BCUT2D eigenvalue weighted by molar-refractivity contribution is 7.09. The molecule has 0 radical (unpaired) electrons. The first-order valence-electron chi connectivity index (χ1n) is 6.49. The van der Waals surface area contributed by atoms with Gasteiger partial charge in [-0.15, -0.1) is 11.3 Å². The van der Waals surface area contributed by atoms with Crippen molar-refractivity contribution >= 4 is 17.2 Å². The molecule has 5 heteroatoms. The predicted molar refractivity (Wildman–Crippen MR) is 80.6 cm³/mol. The second-order valence-electron chi connectivity index (χ2n) is 4.33. The van der Waals surface area contributed by atoms with E-state index in [1.807, 2.05) is 41.8 Å². The summed E-state index contributed by atoms with van der Waals surface area (Å²) in [6, 6.07) is 11.8. The van der Waals surface area contributed by atoms with Crippen molar-refractivity contribution in [1.29, 1.82) is 0 Å². The number of hydrogen-bond donors (Lipinski definition) is 2. The molecule has 1 aromatic carbocycles. The molecular weight excluding hydrogens is 272 g/mol. The maximum absolute atomic E-state index is 11.3. The molecule has 1 amide bonds. The molecule has 0 fully saturated rings. The lowest BCUT2D eigenvalue weighted by Crippen LogP contribution is -2.24. The highest BCUT2D eigenvalue weighted by Crippen LogP contribution is 2.16. The molecule has 0 aliphatic heterocycles. The van der Waals surface area contributed by atoms with Crippen LogP contribution in [0.25, 0.3) is 0 Å². The summed E-state index contributed by atoms with van der Waals surface area (Å²) in [4.78, 5) is 12.5. The average Bonchev–Trinajstić information content (AvgIpc) is 2.98. The van der Waals surface area contributed by atoms with Gasteiger partial charge in [-0.1, -0.05) is 18.2 Å². The molecule has 0 saturated carbocycles. The van der Waals surface area contributed by atoms with Crippen LogP contribution >= 0.6 is 11.3 Å². The quantitative estimate of drug-likeness (QED) is 0.822. The molecule has 0 spiro atoms. The Labute approximate surface area is 122 Å². The second-order valence-corrected chi connectivity index (χ2v) is 5.36. The van der Waals surface area contributed by atoms with Gasteiger partial charge in [-0.25, -0.2) is 0 Å². The summed E-state index contributed by atoms with van der Waals surface area (Å²) in [7, 11) is 0. The average molecular weight is 290 g/mol. The smallest absolute Gasteiger partial charge is 0.221 e. The predicted octanol–water partition coefficient (Wildman–Crippen LogP) is 2.29. The molecule has 0 aliphatic rings. The van der Waals surface area contributed by atoms with E-state index in [1.165, 1.54) is 4.88 Å². The lowest BCUT2D eigenvalue weighted by Gasteiger charge is -2.07. The largest absolute Gasteiger partial charge is 0.488 e. The number of ether oxygens (including phenoxy) is 1. The zero-order chi connectivity index (χ0) is 14.2. The Morgan fingerprint density at radius 3 is 2.70 bits per heavy atom. The van der Waals surface area contributed by atoms with Crippen LogP contribution in [0.2, 0.25) is 0 Å². The fourth-order valence-electron chi connectivity index (χ4n) is 1.67. The lowest BCUT2D eigenvalue weighted by molar-refractivity contribution is -0.121. The van der Waals surface area contributed by atoms with Gasteiger partial charge >= 0.3 is 0 Å². The Balaban J connectivity index is 1.79. The minimum Gasteiger partial charge on any atom is -0.488 e. The topological polar surface area (TPSA) is 64.4 Å². The van der Waals surface area contributed by atoms with Gasteiger partial charge < -0.3 is 15.8 Å². The van der Waals surface area contributed by atoms with Crippen LogP contribution in [0.3, 0.4) is 0 Å². The molecule has 1 aromatic heterocycles. The van der Waals surface area contributed by atoms with Crippen LogP contribution < -0.4 is 15.8 Å². The molecule has 106 valence electrons. The van der Waals surface area contributed by atoms with E-state index in [-0.39, 0.29) is 5.91 Å². The van der Waals surface area contributed by atoms with Crippen molar-refractivity contribution in [3.8, 4) is 5.75 Å². The van der Waals surface area contributed by atoms with E-state index in [0.29, 0.717) is 26.1 Å². The molecule has 20 heavy (non-hydrogen) atoms. The molecule has 0 aliphatic carbocycles. The SMILES string of the molecule is NCCC(=O)NCc1ccc(OCc2cccs2)cc1. The van der Waals surface area contributed by atoms with Gasteiger partial charge in [0.25, 0.3) is 0 Å². The zero-order valence-electron chi connectivity index (χ0n) is 11.2. The van der Waals surface area contributed by atoms with Gasteiger partial charge in [0.1, 0.15) is 12.4 Å². The minimum absolute atomic E-state index is 0.0227. The molecule has 4 nitrogen and oxygen atoms in total. The lowest BCUT2D eigenvalue weighted by atomic mass is 10.2.